The van der Waals surface area contributed by atoms with Crippen LogP contribution in [0.15, 0.2) is 29.2 Å². The number of carbonyl (C=O) groups excluding carboxylic acids is 2. The van der Waals surface area contributed by atoms with Gasteiger partial charge in [0.15, 0.2) is 0 Å². The number of nitrogens with zero attached hydrogens (tertiary/aromatic N) is 1. The van der Waals surface area contributed by atoms with E-state index in [2.05, 4.69) is 37.7 Å². The largest absolute Gasteiger partial charge is 0.481 e. The molecule has 5 aliphatic rings. The van der Waals surface area contributed by atoms with E-state index in [9.17, 15) is 18.0 Å². The van der Waals surface area contributed by atoms with Crippen LogP contribution in [0.2, 0.25) is 0 Å². The second-order valence-electron chi connectivity index (χ2n) is 15.9. The Hall–Kier alpha value is -1.95. The summed E-state index contributed by atoms with van der Waals surface area (Å²) in [5, 5.41) is 3.21. The number of hydrogen-bond acceptors (Lipinski definition) is 6. The molecule has 0 spiro atoms. The fourth-order valence-electron chi connectivity index (χ4n) is 8.76. The maximum absolute atomic E-state index is 14.3. The van der Waals surface area contributed by atoms with Gasteiger partial charge in [-0.25, -0.2) is 8.42 Å². The molecule has 1 aromatic carbocycles. The van der Waals surface area contributed by atoms with Crippen LogP contribution in [0.25, 0.3) is 0 Å². The first-order valence-electron chi connectivity index (χ1n) is 17.6. The molecule has 11 heteroatoms. The van der Waals surface area contributed by atoms with Crippen molar-refractivity contribution < 1.29 is 27.3 Å². The topological polar surface area (TPSA) is 114 Å². The van der Waals surface area contributed by atoms with E-state index in [-0.39, 0.29) is 64.6 Å². The highest BCUT2D eigenvalue weighted by molar-refractivity contribution is 7.89. The molecule has 6 rings (SSSR count). The van der Waals surface area contributed by atoms with Gasteiger partial charge in [-0.2, -0.15) is 4.72 Å². The third-order valence-corrected chi connectivity index (χ3v) is 13.4. The van der Waals surface area contributed by atoms with Gasteiger partial charge in [0.25, 0.3) is 0 Å². The third-order valence-electron chi connectivity index (χ3n) is 11.9. The second kappa shape index (κ2) is 12.8. The van der Waals surface area contributed by atoms with Crippen molar-refractivity contribution in [1.29, 1.82) is 0 Å². The Morgan fingerprint density at radius 1 is 1.09 bits per heavy atom. The zero-order valence-electron chi connectivity index (χ0n) is 29.4. The predicted octanol–water partition coefficient (Wildman–Crippen LogP) is 5.12. The van der Waals surface area contributed by atoms with Crippen LogP contribution in [0.4, 0.5) is 0 Å². The number of carbonyl (C=O) groups is 2. The van der Waals surface area contributed by atoms with Crippen LogP contribution in [0.1, 0.15) is 106 Å². The second-order valence-corrected chi connectivity index (χ2v) is 17.6. The highest BCUT2D eigenvalue weighted by atomic mass is 32.2. The van der Waals surface area contributed by atoms with Crippen molar-refractivity contribution >= 4 is 29.0 Å². The molecule has 2 unspecified atom stereocenters. The summed E-state index contributed by atoms with van der Waals surface area (Å²) in [7, 11) is -4.55. The Balaban J connectivity index is 1.33. The zero-order valence-corrected chi connectivity index (χ0v) is 30.2. The van der Waals surface area contributed by atoms with Crippen molar-refractivity contribution in [1.82, 2.24) is 14.9 Å². The first-order chi connectivity index (χ1) is 21.5. The number of likely N-dealkylation sites (tertiary alicyclic amines) is 1. The Kier molecular flexibility index (Phi) is 9.86. The van der Waals surface area contributed by atoms with Crippen molar-refractivity contribution in [2.24, 2.45) is 29.1 Å². The zero-order chi connectivity index (χ0) is 33.8. The minimum Gasteiger partial charge on any atom is -0.404 e. The summed E-state index contributed by atoms with van der Waals surface area (Å²) in [5.74, 6) is -0.123. The third kappa shape index (κ3) is 6.07. The lowest BCUT2D eigenvalue weighted by molar-refractivity contribution is -0.199. The average molecular weight is 658 g/mol. The van der Waals surface area contributed by atoms with E-state index in [1.54, 1.807) is 17.0 Å². The Morgan fingerprint density at radius 3 is 2.33 bits per heavy atom. The van der Waals surface area contributed by atoms with Gasteiger partial charge in [-0.3, -0.25) is 9.59 Å². The van der Waals surface area contributed by atoms with Crippen LogP contribution < -0.4 is 10.0 Å². The van der Waals surface area contributed by atoms with Gasteiger partial charge in [0.05, 0.1) is 22.5 Å². The number of benzene rings is 1. The van der Waals surface area contributed by atoms with E-state index < -0.39 is 28.7 Å². The molecule has 3 saturated carbocycles. The minimum atomic E-state index is -4.00. The Bertz CT molecular complexity index is 1400. The van der Waals surface area contributed by atoms with Crippen molar-refractivity contribution in [2.75, 3.05) is 6.54 Å². The molecule has 2 amide bonds. The van der Waals surface area contributed by atoms with Gasteiger partial charge in [-0.15, -0.1) is 0 Å². The van der Waals surface area contributed by atoms with Gasteiger partial charge in [-0.1, -0.05) is 73.9 Å². The predicted molar refractivity (Wildman–Crippen MR) is 180 cm³/mol. The quantitative estimate of drug-likeness (QED) is 0.285. The van der Waals surface area contributed by atoms with E-state index in [1.807, 2.05) is 46.8 Å². The van der Waals surface area contributed by atoms with Crippen molar-refractivity contribution in [2.45, 2.75) is 141 Å². The SMILES string of the molecule is CCCc1ccc(S(=O)(=O)NC2(C(C)C)CCN([C@@H](CC(C)C)C(=O)N[C@@H](CC)B3OC4C[C@@H]5C[C@@H](C5(C)C)[C@]4(C)O3)C2=O)cc1. The van der Waals surface area contributed by atoms with Gasteiger partial charge in [0.2, 0.25) is 21.8 Å². The number of amides is 2. The van der Waals surface area contributed by atoms with Crippen LogP contribution in [0, 0.1) is 29.1 Å². The van der Waals surface area contributed by atoms with Crippen LogP contribution in [-0.4, -0.2) is 68.0 Å². The van der Waals surface area contributed by atoms with Gasteiger partial charge in [0, 0.05) is 6.54 Å². The molecule has 2 heterocycles. The van der Waals surface area contributed by atoms with Crippen LogP contribution >= 0.6 is 0 Å². The van der Waals surface area contributed by atoms with Crippen LogP contribution in [-0.2, 0) is 35.3 Å². The van der Waals surface area contributed by atoms with Gasteiger partial charge >= 0.3 is 7.12 Å². The van der Waals surface area contributed by atoms with Crippen LogP contribution in [0.3, 0.4) is 0 Å². The number of aryl methyl sites for hydroxylation is 1. The number of sulfonamides is 1. The summed E-state index contributed by atoms with van der Waals surface area (Å²) in [6, 6.07) is 6.12. The number of nitrogens with one attached hydrogen (secondary N) is 2. The fourth-order valence-corrected chi connectivity index (χ4v) is 10.3. The van der Waals surface area contributed by atoms with E-state index in [0.29, 0.717) is 24.7 Å². The minimum absolute atomic E-state index is 0.00868. The van der Waals surface area contributed by atoms with E-state index in [0.717, 1.165) is 31.2 Å². The summed E-state index contributed by atoms with van der Waals surface area (Å²) in [4.78, 5) is 30.2. The first kappa shape index (κ1) is 35.4. The van der Waals surface area contributed by atoms with Crippen molar-refractivity contribution in [3.05, 3.63) is 29.8 Å². The molecule has 0 aromatic heterocycles. The molecule has 0 radical (unpaired) electrons. The molecule has 3 aliphatic carbocycles. The van der Waals surface area contributed by atoms with Gasteiger partial charge < -0.3 is 19.5 Å². The average Bonchev–Trinajstić information content (AvgIpc) is 3.51. The highest BCUT2D eigenvalue weighted by Crippen LogP contribution is 2.65. The summed E-state index contributed by atoms with van der Waals surface area (Å²) >= 11 is 0. The molecule has 7 atom stereocenters. The smallest absolute Gasteiger partial charge is 0.404 e. The molecule has 1 aromatic rings. The number of rotatable bonds is 13. The van der Waals surface area contributed by atoms with Crippen molar-refractivity contribution in [3.63, 3.8) is 0 Å². The lowest BCUT2D eigenvalue weighted by atomic mass is 9.43. The Labute approximate surface area is 277 Å². The maximum Gasteiger partial charge on any atom is 0.481 e. The molecule has 5 fully saturated rings. The lowest BCUT2D eigenvalue weighted by Crippen LogP contribution is -2.65. The van der Waals surface area contributed by atoms with E-state index >= 15 is 0 Å². The van der Waals surface area contributed by atoms with Gasteiger partial charge in [0.1, 0.15) is 11.6 Å². The molecule has 2 aliphatic heterocycles. The normalized spacial score (nSPS) is 31.6. The molecule has 256 valence electrons. The summed E-state index contributed by atoms with van der Waals surface area (Å²) < 4.78 is 43.3. The molecule has 9 nitrogen and oxygen atoms in total. The summed E-state index contributed by atoms with van der Waals surface area (Å²) in [6.07, 6.45) is 5.32. The summed E-state index contributed by atoms with van der Waals surface area (Å²) in [6.45, 7) is 19.0. The molecule has 46 heavy (non-hydrogen) atoms. The van der Waals surface area contributed by atoms with Crippen LogP contribution in [0.5, 0.6) is 0 Å². The standard InChI is InChI=1S/C35H56BN3O6S/c1-10-12-24-13-15-26(16-14-24)46(42,43)38-35(23(5)6)17-18-39(32(35)41)27(19-22(3)4)31(40)37-30(11-2)36-44-29-21-25-20-28(33(25,7)8)34(29,9)45-36/h13-16,22-23,25,27-30,38H,10-12,17-21H2,1-9H3,(H,37,40)/t25-,27-,28-,29?,30-,34-,35?/m0/s1. The maximum atomic E-state index is 14.3. The molecular formula is C35H56BN3O6S. The Morgan fingerprint density at radius 2 is 1.76 bits per heavy atom. The number of hydrogen-bond donors (Lipinski definition) is 2. The van der Waals surface area contributed by atoms with Gasteiger partial charge in [-0.05, 0) is 92.2 Å². The molecule has 2 N–H and O–H groups in total. The van der Waals surface area contributed by atoms with E-state index in [4.69, 9.17) is 9.31 Å². The molecular weight excluding hydrogens is 601 g/mol. The first-order valence-corrected chi connectivity index (χ1v) is 19.1. The molecule has 2 saturated heterocycles. The van der Waals surface area contributed by atoms with E-state index in [1.165, 1.54) is 0 Å². The highest BCUT2D eigenvalue weighted by Gasteiger charge is 2.68. The molecule has 2 bridgehead atoms. The van der Waals surface area contributed by atoms with Crippen molar-refractivity contribution in [3.8, 4) is 0 Å². The summed E-state index contributed by atoms with van der Waals surface area (Å²) in [5.41, 5.74) is -0.447. The monoisotopic (exact) mass is 657 g/mol. The fraction of sp³-hybridized carbons (Fsp3) is 0.771. The lowest BCUT2D eigenvalue weighted by Gasteiger charge is -2.64.